The van der Waals surface area contributed by atoms with Gasteiger partial charge in [-0.05, 0) is 12.8 Å². The van der Waals surface area contributed by atoms with Crippen molar-refractivity contribution >= 4 is 11.8 Å². The number of hydrogen-bond donors (Lipinski definition) is 1. The van der Waals surface area contributed by atoms with Crippen LogP contribution >= 0.6 is 0 Å². The highest BCUT2D eigenvalue weighted by Crippen LogP contribution is 2.16. The summed E-state index contributed by atoms with van der Waals surface area (Å²) in [5.74, 6) is 0.210. The van der Waals surface area contributed by atoms with Crippen LogP contribution in [0.15, 0.2) is 0 Å². The Morgan fingerprint density at radius 1 is 1.05 bits per heavy atom. The van der Waals surface area contributed by atoms with Crippen molar-refractivity contribution in [2.24, 2.45) is 0 Å². The quantitative estimate of drug-likeness (QED) is 0.740. The molecule has 0 spiro atoms. The molecule has 7 heteroatoms. The van der Waals surface area contributed by atoms with E-state index in [4.69, 9.17) is 9.47 Å². The molecule has 0 bridgehead atoms. The molecule has 2 atom stereocenters. The number of morpholine rings is 1. The number of piperazine rings is 1. The molecule has 0 saturated carbocycles. The topological polar surface area (TPSA) is 71.1 Å². The molecule has 3 aliphatic heterocycles. The number of carbonyl (C=O) groups is 2. The van der Waals surface area contributed by atoms with Crippen molar-refractivity contribution in [2.45, 2.75) is 31.5 Å². The molecule has 0 aromatic heterocycles. The van der Waals surface area contributed by atoms with E-state index in [1.54, 1.807) is 0 Å². The van der Waals surface area contributed by atoms with Crippen LogP contribution in [0.1, 0.15) is 19.3 Å². The van der Waals surface area contributed by atoms with Gasteiger partial charge in [0.2, 0.25) is 5.91 Å². The first-order chi connectivity index (χ1) is 10.7. The molecule has 124 valence electrons. The first-order valence-corrected chi connectivity index (χ1v) is 8.24. The van der Waals surface area contributed by atoms with E-state index in [0.717, 1.165) is 25.9 Å². The lowest BCUT2D eigenvalue weighted by Crippen LogP contribution is -2.53. The van der Waals surface area contributed by atoms with Gasteiger partial charge in [-0.25, -0.2) is 0 Å². The third-order valence-corrected chi connectivity index (χ3v) is 4.56. The van der Waals surface area contributed by atoms with E-state index < -0.39 is 0 Å². The maximum Gasteiger partial charge on any atom is 0.251 e. The van der Waals surface area contributed by atoms with Crippen molar-refractivity contribution < 1.29 is 19.1 Å². The highest BCUT2D eigenvalue weighted by molar-refractivity contribution is 5.82. The zero-order valence-electron chi connectivity index (χ0n) is 13.0. The van der Waals surface area contributed by atoms with Gasteiger partial charge in [0.15, 0.2) is 0 Å². The number of ether oxygens (including phenoxy) is 2. The van der Waals surface area contributed by atoms with Crippen molar-refractivity contribution in [2.75, 3.05) is 52.5 Å². The first-order valence-electron chi connectivity index (χ1n) is 8.24. The third-order valence-electron chi connectivity index (χ3n) is 4.56. The molecule has 3 aliphatic rings. The smallest absolute Gasteiger partial charge is 0.251 e. The van der Waals surface area contributed by atoms with E-state index in [1.165, 1.54) is 0 Å². The average molecular weight is 311 g/mol. The number of hydrogen-bond acceptors (Lipinski definition) is 5. The molecule has 0 aromatic carbocycles. The van der Waals surface area contributed by atoms with E-state index in [-0.39, 0.29) is 24.0 Å². The fraction of sp³-hybridized carbons (Fsp3) is 0.867. The summed E-state index contributed by atoms with van der Waals surface area (Å²) in [5, 5.41) is 3.23. The Hall–Kier alpha value is -1.18. The average Bonchev–Trinajstić information content (AvgIpc) is 3.10. The van der Waals surface area contributed by atoms with Gasteiger partial charge in [-0.1, -0.05) is 0 Å². The monoisotopic (exact) mass is 311 g/mol. The number of nitrogens with one attached hydrogen (secondary N) is 1. The van der Waals surface area contributed by atoms with Crippen LogP contribution in [0.2, 0.25) is 0 Å². The fourth-order valence-electron chi connectivity index (χ4n) is 3.23. The van der Waals surface area contributed by atoms with Crippen LogP contribution in [0.25, 0.3) is 0 Å². The van der Waals surface area contributed by atoms with Crippen molar-refractivity contribution in [3.63, 3.8) is 0 Å². The molecule has 1 N–H and O–H groups in total. The second-order valence-corrected chi connectivity index (χ2v) is 6.11. The lowest BCUT2D eigenvalue weighted by molar-refractivity contribution is -0.147. The Morgan fingerprint density at radius 2 is 1.82 bits per heavy atom. The lowest BCUT2D eigenvalue weighted by Gasteiger charge is -2.36. The number of nitrogens with zero attached hydrogens (tertiary/aromatic N) is 2. The third kappa shape index (κ3) is 3.77. The number of rotatable bonds is 3. The van der Waals surface area contributed by atoms with Crippen LogP contribution in [0.5, 0.6) is 0 Å². The summed E-state index contributed by atoms with van der Waals surface area (Å²) in [6, 6.07) is 0. The first kappa shape index (κ1) is 15.7. The Labute approximate surface area is 130 Å². The number of carbonyl (C=O) groups excluding carboxylic acids is 2. The highest BCUT2D eigenvalue weighted by Gasteiger charge is 2.31. The maximum atomic E-state index is 12.3. The van der Waals surface area contributed by atoms with E-state index in [9.17, 15) is 9.59 Å². The zero-order valence-corrected chi connectivity index (χ0v) is 13.0. The molecular formula is C15H25N3O4. The van der Waals surface area contributed by atoms with Gasteiger partial charge in [0.1, 0.15) is 6.10 Å². The lowest BCUT2D eigenvalue weighted by atomic mass is 10.1. The van der Waals surface area contributed by atoms with Gasteiger partial charge in [0.05, 0.1) is 19.1 Å². The molecule has 0 radical (unpaired) electrons. The molecular weight excluding hydrogens is 286 g/mol. The van der Waals surface area contributed by atoms with Gasteiger partial charge in [-0.15, -0.1) is 0 Å². The minimum Gasteiger partial charge on any atom is -0.375 e. The zero-order chi connectivity index (χ0) is 15.4. The summed E-state index contributed by atoms with van der Waals surface area (Å²) in [7, 11) is 0. The molecule has 0 aliphatic carbocycles. The summed E-state index contributed by atoms with van der Waals surface area (Å²) in [4.78, 5) is 28.2. The van der Waals surface area contributed by atoms with Gasteiger partial charge in [0.25, 0.3) is 5.91 Å². The van der Waals surface area contributed by atoms with E-state index in [1.807, 2.05) is 9.80 Å². The van der Waals surface area contributed by atoms with Crippen LogP contribution in [-0.2, 0) is 19.1 Å². The molecule has 3 saturated heterocycles. The Balaban J connectivity index is 1.42. The highest BCUT2D eigenvalue weighted by atomic mass is 16.5. The van der Waals surface area contributed by atoms with Crippen molar-refractivity contribution in [3.8, 4) is 0 Å². The summed E-state index contributed by atoms with van der Waals surface area (Å²) in [6.45, 7) is 5.38. The van der Waals surface area contributed by atoms with Crippen molar-refractivity contribution in [3.05, 3.63) is 0 Å². The molecule has 22 heavy (non-hydrogen) atoms. The molecule has 7 nitrogen and oxygen atoms in total. The van der Waals surface area contributed by atoms with Crippen LogP contribution in [0.4, 0.5) is 0 Å². The molecule has 2 amide bonds. The van der Waals surface area contributed by atoms with Crippen molar-refractivity contribution in [1.29, 1.82) is 0 Å². The van der Waals surface area contributed by atoms with Gasteiger partial charge in [-0.2, -0.15) is 0 Å². The van der Waals surface area contributed by atoms with Crippen LogP contribution < -0.4 is 5.32 Å². The maximum absolute atomic E-state index is 12.3. The minimum absolute atomic E-state index is 0.0206. The van der Waals surface area contributed by atoms with Gasteiger partial charge in [-0.3, -0.25) is 9.59 Å². The summed E-state index contributed by atoms with van der Waals surface area (Å²) in [6.07, 6.45) is 1.93. The van der Waals surface area contributed by atoms with Gasteiger partial charge >= 0.3 is 0 Å². The minimum atomic E-state index is -0.260. The summed E-state index contributed by atoms with van der Waals surface area (Å²) >= 11 is 0. The van der Waals surface area contributed by atoms with Gasteiger partial charge in [0, 0.05) is 45.9 Å². The van der Waals surface area contributed by atoms with E-state index in [2.05, 4.69) is 5.32 Å². The predicted molar refractivity (Wildman–Crippen MR) is 79.4 cm³/mol. The standard InChI is InChI=1S/C15H25N3O4/c19-14(10-12-11-16-3-9-21-12)17-4-6-18(7-5-17)15(20)13-2-1-8-22-13/h12-13,16H,1-11H2. The SMILES string of the molecule is O=C(CC1CNCCO1)N1CCN(C(=O)C2CCCO2)CC1. The van der Waals surface area contributed by atoms with Gasteiger partial charge < -0.3 is 24.6 Å². The van der Waals surface area contributed by atoms with Crippen LogP contribution in [-0.4, -0.2) is 86.3 Å². The predicted octanol–water partition coefficient (Wildman–Crippen LogP) is -0.785. The van der Waals surface area contributed by atoms with Crippen LogP contribution in [0.3, 0.4) is 0 Å². The summed E-state index contributed by atoms with van der Waals surface area (Å²) in [5.41, 5.74) is 0. The molecule has 0 aromatic rings. The molecule has 3 rings (SSSR count). The Bertz CT molecular complexity index is 398. The largest absolute Gasteiger partial charge is 0.375 e. The molecule has 2 unspecified atom stereocenters. The van der Waals surface area contributed by atoms with E-state index >= 15 is 0 Å². The number of amides is 2. The molecule has 3 fully saturated rings. The van der Waals surface area contributed by atoms with Crippen LogP contribution in [0, 0.1) is 0 Å². The van der Waals surface area contributed by atoms with Crippen molar-refractivity contribution in [1.82, 2.24) is 15.1 Å². The Morgan fingerprint density at radius 3 is 2.45 bits per heavy atom. The molecule has 3 heterocycles. The summed E-state index contributed by atoms with van der Waals surface area (Å²) < 4.78 is 11.0. The van der Waals surface area contributed by atoms with E-state index in [0.29, 0.717) is 45.8 Å². The fourth-order valence-corrected chi connectivity index (χ4v) is 3.23. The Kier molecular flexibility index (Phi) is 5.28. The second-order valence-electron chi connectivity index (χ2n) is 6.11. The normalized spacial score (nSPS) is 29.6. The second kappa shape index (κ2) is 7.39.